The van der Waals surface area contributed by atoms with Crippen LogP contribution in [0.5, 0.6) is 0 Å². The van der Waals surface area contributed by atoms with E-state index in [1.54, 1.807) is 0 Å². The maximum atomic E-state index is 6.28. The molecule has 0 aliphatic carbocycles. The summed E-state index contributed by atoms with van der Waals surface area (Å²) in [6, 6.07) is 54.3. The summed E-state index contributed by atoms with van der Waals surface area (Å²) in [7, 11) is 0. The molecule has 0 saturated carbocycles. The van der Waals surface area contributed by atoms with Gasteiger partial charge in [-0.1, -0.05) is 115 Å². The third-order valence-electron chi connectivity index (χ3n) is 10.1. The molecule has 0 atom stereocenters. The highest BCUT2D eigenvalue weighted by molar-refractivity contribution is 6.25. The molecule has 11 rings (SSSR count). The maximum Gasteiger partial charge on any atom is 0.164 e. The van der Waals surface area contributed by atoms with Gasteiger partial charge in [-0.3, -0.25) is 0 Å². The third kappa shape index (κ3) is 4.51. The van der Waals surface area contributed by atoms with E-state index in [4.69, 9.17) is 24.4 Å². The lowest BCUT2D eigenvalue weighted by Crippen LogP contribution is -2.00. The molecule has 0 spiro atoms. The van der Waals surface area contributed by atoms with Crippen molar-refractivity contribution in [3.8, 4) is 45.6 Å². The molecule has 0 saturated heterocycles. The van der Waals surface area contributed by atoms with Crippen LogP contribution in [0.1, 0.15) is 0 Å². The standard InChI is InChI=1S/C46H27N5O/c1-2-14-33-31(12-1)32-13-3-4-15-34(32)38-25-29(20-22-35(33)38)45-49-44(28-11-9-10-27(24-28)43-47-39-17-6-7-18-40(39)48-43)50-46(51-45)30-21-23-37-36-16-5-8-19-41(36)52-42(37)26-30/h1-26H,(H,47,48). The number of imidazole rings is 1. The molecular weight excluding hydrogens is 639 g/mol. The van der Waals surface area contributed by atoms with Crippen LogP contribution in [0.15, 0.2) is 162 Å². The fourth-order valence-electron chi connectivity index (χ4n) is 7.57. The number of benzene rings is 8. The molecule has 0 unspecified atom stereocenters. The smallest absolute Gasteiger partial charge is 0.164 e. The minimum absolute atomic E-state index is 0.569. The largest absolute Gasteiger partial charge is 0.456 e. The van der Waals surface area contributed by atoms with E-state index in [1.165, 1.54) is 26.9 Å². The zero-order valence-electron chi connectivity index (χ0n) is 27.7. The Morgan fingerprint density at radius 1 is 0.346 bits per heavy atom. The second kappa shape index (κ2) is 11.2. The Morgan fingerprint density at radius 2 is 0.865 bits per heavy atom. The molecule has 11 aromatic rings. The molecule has 0 bridgehead atoms. The molecule has 0 radical (unpaired) electrons. The molecule has 6 nitrogen and oxygen atoms in total. The van der Waals surface area contributed by atoms with Crippen molar-refractivity contribution in [1.29, 1.82) is 0 Å². The molecule has 0 fully saturated rings. The number of furan rings is 1. The number of aromatic amines is 1. The lowest BCUT2D eigenvalue weighted by atomic mass is 9.93. The van der Waals surface area contributed by atoms with Crippen LogP contribution >= 0.6 is 0 Å². The van der Waals surface area contributed by atoms with E-state index in [9.17, 15) is 0 Å². The second-order valence-electron chi connectivity index (χ2n) is 13.2. The fourth-order valence-corrected chi connectivity index (χ4v) is 7.57. The Balaban J connectivity index is 1.12. The van der Waals surface area contributed by atoms with Crippen LogP contribution in [0.2, 0.25) is 0 Å². The highest BCUT2D eigenvalue weighted by Crippen LogP contribution is 2.38. The zero-order valence-corrected chi connectivity index (χ0v) is 27.7. The van der Waals surface area contributed by atoms with Crippen LogP contribution in [0.3, 0.4) is 0 Å². The summed E-state index contributed by atoms with van der Waals surface area (Å²) in [4.78, 5) is 23.7. The van der Waals surface area contributed by atoms with Gasteiger partial charge in [0, 0.05) is 33.0 Å². The Morgan fingerprint density at radius 3 is 1.58 bits per heavy atom. The zero-order chi connectivity index (χ0) is 34.2. The van der Waals surface area contributed by atoms with Gasteiger partial charge in [-0.15, -0.1) is 0 Å². The summed E-state index contributed by atoms with van der Waals surface area (Å²) in [5.74, 6) is 2.53. The van der Waals surface area contributed by atoms with E-state index in [0.29, 0.717) is 17.5 Å². The topological polar surface area (TPSA) is 80.5 Å². The molecule has 3 aromatic heterocycles. The fraction of sp³-hybridized carbons (Fsp3) is 0. The number of aromatic nitrogens is 5. The summed E-state index contributed by atoms with van der Waals surface area (Å²) >= 11 is 0. The first-order valence-corrected chi connectivity index (χ1v) is 17.3. The SMILES string of the molecule is c1cc(-c2nc(-c3ccc4c(c3)oc3ccccc34)nc(-c3ccc4c5ccccc5c5ccccc5c4c3)n2)cc(-c2nc3ccccc3[nH]2)c1. The number of para-hydroxylation sites is 3. The van der Waals surface area contributed by atoms with Gasteiger partial charge in [0.1, 0.15) is 17.0 Å². The van der Waals surface area contributed by atoms with Crippen molar-refractivity contribution in [2.75, 3.05) is 0 Å². The van der Waals surface area contributed by atoms with Gasteiger partial charge >= 0.3 is 0 Å². The first-order chi connectivity index (χ1) is 25.7. The van der Waals surface area contributed by atoms with Gasteiger partial charge in [-0.25, -0.2) is 19.9 Å². The van der Waals surface area contributed by atoms with Crippen molar-refractivity contribution >= 4 is 65.3 Å². The predicted molar refractivity (Wildman–Crippen MR) is 211 cm³/mol. The predicted octanol–water partition coefficient (Wildman–Crippen LogP) is 11.8. The quantitative estimate of drug-likeness (QED) is 0.189. The summed E-state index contributed by atoms with van der Waals surface area (Å²) in [6.45, 7) is 0. The van der Waals surface area contributed by atoms with Crippen molar-refractivity contribution in [3.05, 3.63) is 158 Å². The van der Waals surface area contributed by atoms with Gasteiger partial charge in [0.15, 0.2) is 17.5 Å². The lowest BCUT2D eigenvalue weighted by Gasteiger charge is -2.12. The molecule has 52 heavy (non-hydrogen) atoms. The van der Waals surface area contributed by atoms with E-state index in [-0.39, 0.29) is 0 Å². The molecule has 0 amide bonds. The first kappa shape index (κ1) is 28.6. The maximum absolute atomic E-state index is 6.28. The molecule has 3 heterocycles. The van der Waals surface area contributed by atoms with Crippen LogP contribution < -0.4 is 0 Å². The normalized spacial score (nSPS) is 11.8. The summed E-state index contributed by atoms with van der Waals surface area (Å²) in [5.41, 5.74) is 7.13. The van der Waals surface area contributed by atoms with Crippen LogP contribution in [0.25, 0.3) is 111 Å². The van der Waals surface area contributed by atoms with Crippen LogP contribution in [0, 0.1) is 0 Å². The Kier molecular flexibility index (Phi) is 6.15. The van der Waals surface area contributed by atoms with Crippen LogP contribution in [-0.4, -0.2) is 24.9 Å². The number of nitrogens with zero attached hydrogens (tertiary/aromatic N) is 4. The van der Waals surface area contributed by atoms with Crippen LogP contribution in [0.4, 0.5) is 0 Å². The number of fused-ring (bicyclic) bond motifs is 10. The van der Waals surface area contributed by atoms with Gasteiger partial charge in [-0.05, 0) is 74.8 Å². The van der Waals surface area contributed by atoms with Gasteiger partial charge in [0.25, 0.3) is 0 Å². The van der Waals surface area contributed by atoms with Gasteiger partial charge in [-0.2, -0.15) is 0 Å². The van der Waals surface area contributed by atoms with Crippen molar-refractivity contribution in [2.24, 2.45) is 0 Å². The van der Waals surface area contributed by atoms with Crippen molar-refractivity contribution in [3.63, 3.8) is 0 Å². The monoisotopic (exact) mass is 665 g/mol. The molecule has 1 N–H and O–H groups in total. The second-order valence-corrected chi connectivity index (χ2v) is 13.2. The summed E-state index contributed by atoms with van der Waals surface area (Å²) in [5, 5.41) is 9.38. The van der Waals surface area contributed by atoms with Crippen LogP contribution in [-0.2, 0) is 0 Å². The lowest BCUT2D eigenvalue weighted by molar-refractivity contribution is 0.669. The Bertz CT molecular complexity index is 3140. The van der Waals surface area contributed by atoms with Crippen molar-refractivity contribution < 1.29 is 4.42 Å². The minimum Gasteiger partial charge on any atom is -0.456 e. The molecule has 242 valence electrons. The summed E-state index contributed by atoms with van der Waals surface area (Å²) < 4.78 is 6.28. The molecule has 6 heteroatoms. The Labute approximate surface area is 297 Å². The first-order valence-electron chi connectivity index (χ1n) is 17.3. The Hall–Kier alpha value is -7.18. The number of rotatable bonds is 4. The van der Waals surface area contributed by atoms with E-state index in [0.717, 1.165) is 66.4 Å². The summed E-state index contributed by atoms with van der Waals surface area (Å²) in [6.07, 6.45) is 0. The van der Waals surface area contributed by atoms with E-state index >= 15 is 0 Å². The van der Waals surface area contributed by atoms with E-state index in [1.807, 2.05) is 60.7 Å². The number of H-pyrrole nitrogens is 1. The average molecular weight is 666 g/mol. The number of hydrogen-bond acceptors (Lipinski definition) is 5. The molecular formula is C46H27N5O. The van der Waals surface area contributed by atoms with E-state index in [2.05, 4.69) is 102 Å². The highest BCUT2D eigenvalue weighted by Gasteiger charge is 2.17. The number of hydrogen-bond donors (Lipinski definition) is 1. The molecule has 0 aliphatic heterocycles. The molecule has 8 aromatic carbocycles. The molecule has 0 aliphatic rings. The van der Waals surface area contributed by atoms with Crippen molar-refractivity contribution in [2.45, 2.75) is 0 Å². The van der Waals surface area contributed by atoms with Crippen molar-refractivity contribution in [1.82, 2.24) is 24.9 Å². The minimum atomic E-state index is 0.569. The third-order valence-corrected chi connectivity index (χ3v) is 10.1. The van der Waals surface area contributed by atoms with Gasteiger partial charge < -0.3 is 9.40 Å². The van der Waals surface area contributed by atoms with Gasteiger partial charge in [0.05, 0.1) is 11.0 Å². The average Bonchev–Trinajstić information content (AvgIpc) is 3.82. The van der Waals surface area contributed by atoms with E-state index < -0.39 is 0 Å². The number of nitrogens with one attached hydrogen (secondary N) is 1. The van der Waals surface area contributed by atoms with Gasteiger partial charge in [0.2, 0.25) is 0 Å². The highest BCUT2D eigenvalue weighted by atomic mass is 16.3.